The Hall–Kier alpha value is -3.35. The van der Waals surface area contributed by atoms with Crippen molar-refractivity contribution in [2.45, 2.75) is 62.9 Å². The van der Waals surface area contributed by atoms with E-state index in [0.29, 0.717) is 32.2 Å². The first-order chi connectivity index (χ1) is 16.9. The van der Waals surface area contributed by atoms with Crippen LogP contribution in [0.25, 0.3) is 11.1 Å². The Morgan fingerprint density at radius 3 is 2.31 bits per heavy atom. The highest BCUT2D eigenvalue weighted by molar-refractivity contribution is 5.93. The fraction of sp³-hybridized carbons (Fsp3) is 0.464. The van der Waals surface area contributed by atoms with Crippen LogP contribution in [-0.4, -0.2) is 52.7 Å². The Labute approximate surface area is 205 Å². The number of hydrogen-bond donors (Lipinski definition) is 2. The normalized spacial score (nSPS) is 25.6. The fourth-order valence-electron chi connectivity index (χ4n) is 6.28. The Kier molecular flexibility index (Phi) is 6.26. The number of nitrogens with one attached hydrogen (secondary N) is 1. The van der Waals surface area contributed by atoms with Crippen molar-refractivity contribution >= 4 is 18.0 Å². The number of carbonyl (C=O) groups excluding carboxylic acids is 2. The average molecular weight is 477 g/mol. The summed E-state index contributed by atoms with van der Waals surface area (Å²) in [7, 11) is 0. The number of amides is 2. The van der Waals surface area contributed by atoms with Gasteiger partial charge in [0, 0.05) is 12.5 Å². The first kappa shape index (κ1) is 23.4. The summed E-state index contributed by atoms with van der Waals surface area (Å²) in [4.78, 5) is 40.0. The topological polar surface area (TPSA) is 95.9 Å². The molecule has 2 amide bonds. The molecule has 0 aromatic heterocycles. The van der Waals surface area contributed by atoms with E-state index in [1.54, 1.807) is 0 Å². The Morgan fingerprint density at radius 1 is 1.03 bits per heavy atom. The van der Waals surface area contributed by atoms with Crippen LogP contribution in [0.3, 0.4) is 0 Å². The number of fused-ring (bicyclic) bond motifs is 3. The summed E-state index contributed by atoms with van der Waals surface area (Å²) in [5, 5.41) is 12.5. The molecular formula is C28H32N2O5. The average Bonchev–Trinajstić information content (AvgIpc) is 3.46. The van der Waals surface area contributed by atoms with E-state index in [0.717, 1.165) is 35.1 Å². The quantitative estimate of drug-likeness (QED) is 0.660. The summed E-state index contributed by atoms with van der Waals surface area (Å²) in [6.45, 7) is 2.64. The predicted molar refractivity (Wildman–Crippen MR) is 131 cm³/mol. The van der Waals surface area contributed by atoms with Crippen LogP contribution in [0.5, 0.6) is 0 Å². The van der Waals surface area contributed by atoms with Crippen molar-refractivity contribution in [1.29, 1.82) is 0 Å². The van der Waals surface area contributed by atoms with Gasteiger partial charge in [-0.05, 0) is 53.9 Å². The van der Waals surface area contributed by atoms with Crippen LogP contribution in [0.15, 0.2) is 48.5 Å². The molecule has 0 radical (unpaired) electrons. The maximum atomic E-state index is 13.7. The number of rotatable bonds is 5. The second-order valence-corrected chi connectivity index (χ2v) is 10.2. The van der Waals surface area contributed by atoms with Gasteiger partial charge in [-0.2, -0.15) is 0 Å². The molecule has 1 saturated carbocycles. The summed E-state index contributed by atoms with van der Waals surface area (Å²) in [6, 6.07) is 15.5. The molecule has 7 nitrogen and oxygen atoms in total. The second-order valence-electron chi connectivity index (χ2n) is 10.2. The van der Waals surface area contributed by atoms with Crippen LogP contribution in [-0.2, 0) is 14.3 Å². The summed E-state index contributed by atoms with van der Waals surface area (Å²) in [5.41, 5.74) is 3.43. The molecule has 3 unspecified atom stereocenters. The number of likely N-dealkylation sites (tertiary alicyclic amines) is 1. The molecule has 2 fully saturated rings. The van der Waals surface area contributed by atoms with Crippen LogP contribution >= 0.6 is 0 Å². The molecule has 2 aliphatic carbocycles. The van der Waals surface area contributed by atoms with E-state index in [1.165, 1.54) is 4.90 Å². The Balaban J connectivity index is 1.33. The fourth-order valence-corrected chi connectivity index (χ4v) is 6.28. The number of ether oxygens (including phenoxy) is 1. The largest absolute Gasteiger partial charge is 0.480 e. The molecule has 1 aliphatic heterocycles. The smallest absolute Gasteiger partial charge is 0.408 e. The molecule has 2 aromatic carbocycles. The molecule has 35 heavy (non-hydrogen) atoms. The van der Waals surface area contributed by atoms with Gasteiger partial charge in [0.25, 0.3) is 0 Å². The van der Waals surface area contributed by atoms with Crippen LogP contribution in [0.1, 0.15) is 62.5 Å². The molecule has 1 saturated heterocycles. The lowest BCUT2D eigenvalue weighted by Crippen LogP contribution is -2.62. The molecule has 3 atom stereocenters. The van der Waals surface area contributed by atoms with Gasteiger partial charge in [-0.1, -0.05) is 68.3 Å². The minimum absolute atomic E-state index is 0.0694. The van der Waals surface area contributed by atoms with E-state index in [1.807, 2.05) is 24.3 Å². The monoisotopic (exact) mass is 476 g/mol. The summed E-state index contributed by atoms with van der Waals surface area (Å²) in [6.07, 6.45) is 3.21. The number of carboxylic acid groups (broad SMARTS) is 1. The first-order valence-electron chi connectivity index (χ1n) is 12.6. The van der Waals surface area contributed by atoms with Crippen molar-refractivity contribution in [2.24, 2.45) is 5.92 Å². The number of nitrogens with zero attached hydrogens (tertiary/aromatic N) is 1. The first-order valence-corrected chi connectivity index (χ1v) is 12.6. The third-order valence-corrected chi connectivity index (χ3v) is 7.89. The van der Waals surface area contributed by atoms with Crippen LogP contribution in [0.4, 0.5) is 4.79 Å². The lowest BCUT2D eigenvalue weighted by molar-refractivity contribution is -0.152. The summed E-state index contributed by atoms with van der Waals surface area (Å²) >= 11 is 0. The number of hydrogen-bond acceptors (Lipinski definition) is 4. The third-order valence-electron chi connectivity index (χ3n) is 7.89. The van der Waals surface area contributed by atoms with Gasteiger partial charge < -0.3 is 20.1 Å². The molecule has 184 valence electrons. The second kappa shape index (κ2) is 9.36. The van der Waals surface area contributed by atoms with Crippen LogP contribution in [0, 0.1) is 5.92 Å². The van der Waals surface area contributed by atoms with Gasteiger partial charge in [-0.3, -0.25) is 4.79 Å². The highest BCUT2D eigenvalue weighted by Gasteiger charge is 2.49. The number of carbonyl (C=O) groups is 3. The zero-order chi connectivity index (χ0) is 24.6. The van der Waals surface area contributed by atoms with Crippen LogP contribution in [0.2, 0.25) is 0 Å². The molecule has 5 rings (SSSR count). The van der Waals surface area contributed by atoms with Crippen molar-refractivity contribution < 1.29 is 24.2 Å². The van der Waals surface area contributed by atoms with Crippen molar-refractivity contribution in [3.8, 4) is 11.1 Å². The van der Waals surface area contributed by atoms with Gasteiger partial charge in [0.05, 0.1) is 0 Å². The predicted octanol–water partition coefficient (Wildman–Crippen LogP) is 4.55. The Morgan fingerprint density at radius 2 is 1.69 bits per heavy atom. The molecule has 7 heteroatoms. The molecule has 0 spiro atoms. The zero-order valence-electron chi connectivity index (χ0n) is 20.0. The van der Waals surface area contributed by atoms with Gasteiger partial charge in [0.1, 0.15) is 18.2 Å². The number of alkyl carbamates (subject to hydrolysis) is 1. The molecule has 2 aromatic rings. The van der Waals surface area contributed by atoms with Crippen molar-refractivity contribution in [3.05, 3.63) is 59.7 Å². The van der Waals surface area contributed by atoms with Gasteiger partial charge in [0.15, 0.2) is 0 Å². The minimum Gasteiger partial charge on any atom is -0.480 e. The van der Waals surface area contributed by atoms with Crippen molar-refractivity contribution in [3.63, 3.8) is 0 Å². The third kappa shape index (κ3) is 4.28. The summed E-state index contributed by atoms with van der Waals surface area (Å²) < 4.78 is 5.75. The number of aliphatic carboxylic acids is 1. The van der Waals surface area contributed by atoms with E-state index < -0.39 is 23.6 Å². The maximum Gasteiger partial charge on any atom is 0.408 e. The maximum absolute atomic E-state index is 13.7. The number of carboxylic acids is 1. The lowest BCUT2D eigenvalue weighted by atomic mass is 9.75. The molecule has 3 aliphatic rings. The van der Waals surface area contributed by atoms with E-state index in [2.05, 4.69) is 36.5 Å². The van der Waals surface area contributed by atoms with Gasteiger partial charge in [-0.15, -0.1) is 0 Å². The Bertz CT molecular complexity index is 1100. The molecule has 1 heterocycles. The lowest BCUT2D eigenvalue weighted by Gasteiger charge is -2.42. The van der Waals surface area contributed by atoms with Crippen molar-refractivity contribution in [1.82, 2.24) is 10.2 Å². The standard InChI is InChI=1S/C28H32N2O5/c1-18-8-6-14-28(16-18,26(33)30-15-7-13-24(30)25(31)32)29-27(34)35-17-23-21-11-4-2-9-19(21)20-10-3-5-12-22(20)23/h2-5,9-12,18,23-24H,6-8,13-17H2,1H3,(H,29,34)(H,31,32). The molecule has 0 bridgehead atoms. The van der Waals surface area contributed by atoms with Gasteiger partial charge in [0.2, 0.25) is 5.91 Å². The van der Waals surface area contributed by atoms with Gasteiger partial charge in [-0.25, -0.2) is 9.59 Å². The summed E-state index contributed by atoms with van der Waals surface area (Å²) in [5.74, 6) is -1.11. The van der Waals surface area contributed by atoms with E-state index in [4.69, 9.17) is 4.74 Å². The molecular weight excluding hydrogens is 444 g/mol. The van der Waals surface area contributed by atoms with Gasteiger partial charge >= 0.3 is 12.1 Å². The highest BCUT2D eigenvalue weighted by atomic mass is 16.5. The molecule has 2 N–H and O–H groups in total. The zero-order valence-corrected chi connectivity index (χ0v) is 20.0. The van der Waals surface area contributed by atoms with E-state index >= 15 is 0 Å². The SMILES string of the molecule is CC1CCCC(NC(=O)OCC2c3ccccc3-c3ccccc32)(C(=O)N2CCCC2C(=O)O)C1. The minimum atomic E-state index is -1.13. The number of benzene rings is 2. The van der Waals surface area contributed by atoms with Crippen LogP contribution < -0.4 is 5.32 Å². The van der Waals surface area contributed by atoms with E-state index in [-0.39, 0.29) is 24.3 Å². The highest BCUT2D eigenvalue weighted by Crippen LogP contribution is 2.44. The van der Waals surface area contributed by atoms with E-state index in [9.17, 15) is 19.5 Å². The van der Waals surface area contributed by atoms with Crippen molar-refractivity contribution in [2.75, 3.05) is 13.2 Å².